The van der Waals surface area contributed by atoms with Crippen LogP contribution in [-0.2, 0) is 4.74 Å². The third-order valence-corrected chi connectivity index (χ3v) is 4.49. The Balaban J connectivity index is 1.59. The quantitative estimate of drug-likeness (QED) is 0.912. The minimum atomic E-state index is -0.150. The number of pyridine rings is 1. The SMILES string of the molecule is O=C(NC1COC2(CCCCC2)C1)c1ccc(Cl)cn1. The standard InChI is InChI=1S/C15H19ClN2O2/c16-11-4-5-13(17-9-11)14(19)18-12-8-15(20-10-12)6-2-1-3-7-15/h4-5,9,12H,1-3,6-8,10H2,(H,18,19). The summed E-state index contributed by atoms with van der Waals surface area (Å²) in [5.74, 6) is -0.150. The van der Waals surface area contributed by atoms with E-state index in [1.165, 1.54) is 25.5 Å². The van der Waals surface area contributed by atoms with Crippen molar-refractivity contribution in [3.63, 3.8) is 0 Å². The normalized spacial score (nSPS) is 24.8. The molecule has 0 aromatic carbocycles. The molecular formula is C15H19ClN2O2. The number of ether oxygens (including phenoxy) is 1. The van der Waals surface area contributed by atoms with Crippen molar-refractivity contribution in [3.8, 4) is 0 Å². The van der Waals surface area contributed by atoms with Gasteiger partial charge in [0, 0.05) is 6.20 Å². The molecule has 1 aromatic rings. The topological polar surface area (TPSA) is 51.2 Å². The molecule has 108 valence electrons. The smallest absolute Gasteiger partial charge is 0.270 e. The fourth-order valence-electron chi connectivity index (χ4n) is 3.25. The average molecular weight is 295 g/mol. The minimum Gasteiger partial charge on any atom is -0.373 e. The highest BCUT2D eigenvalue weighted by molar-refractivity contribution is 6.30. The Bertz CT molecular complexity index is 483. The van der Waals surface area contributed by atoms with Gasteiger partial charge in [0.05, 0.1) is 23.3 Å². The minimum absolute atomic E-state index is 0.0175. The van der Waals surface area contributed by atoms with Gasteiger partial charge in [0.1, 0.15) is 5.69 Å². The van der Waals surface area contributed by atoms with Crippen molar-refractivity contribution in [3.05, 3.63) is 29.0 Å². The van der Waals surface area contributed by atoms with Crippen LogP contribution in [0.1, 0.15) is 49.0 Å². The van der Waals surface area contributed by atoms with Gasteiger partial charge in [0.15, 0.2) is 0 Å². The van der Waals surface area contributed by atoms with Crippen molar-refractivity contribution in [1.29, 1.82) is 0 Å². The first-order valence-electron chi connectivity index (χ1n) is 7.23. The van der Waals surface area contributed by atoms with E-state index in [-0.39, 0.29) is 17.6 Å². The molecule has 2 heterocycles. The number of nitrogens with zero attached hydrogens (tertiary/aromatic N) is 1. The number of rotatable bonds is 2. The lowest BCUT2D eigenvalue weighted by Gasteiger charge is -2.32. The third kappa shape index (κ3) is 2.96. The molecule has 1 aromatic heterocycles. The molecular weight excluding hydrogens is 276 g/mol. The highest BCUT2D eigenvalue weighted by Gasteiger charge is 2.41. The Kier molecular flexibility index (Phi) is 3.94. The number of carbonyl (C=O) groups excluding carboxylic acids is 1. The summed E-state index contributed by atoms with van der Waals surface area (Å²) >= 11 is 5.77. The number of carbonyl (C=O) groups is 1. The molecule has 1 aliphatic carbocycles. The molecule has 1 amide bonds. The van der Waals surface area contributed by atoms with Crippen LogP contribution in [0.2, 0.25) is 5.02 Å². The number of aromatic nitrogens is 1. The monoisotopic (exact) mass is 294 g/mol. The van der Waals surface area contributed by atoms with Crippen molar-refractivity contribution < 1.29 is 9.53 Å². The van der Waals surface area contributed by atoms with Crippen LogP contribution in [0.25, 0.3) is 0 Å². The molecule has 1 aliphatic heterocycles. The van der Waals surface area contributed by atoms with Crippen molar-refractivity contribution in [2.24, 2.45) is 0 Å². The Morgan fingerprint density at radius 2 is 2.15 bits per heavy atom. The van der Waals surface area contributed by atoms with Gasteiger partial charge in [0.2, 0.25) is 0 Å². The summed E-state index contributed by atoms with van der Waals surface area (Å²) < 4.78 is 5.99. The molecule has 1 spiro atoms. The molecule has 0 bridgehead atoms. The van der Waals surface area contributed by atoms with Gasteiger partial charge in [-0.15, -0.1) is 0 Å². The lowest BCUT2D eigenvalue weighted by atomic mass is 9.82. The number of amides is 1. The highest BCUT2D eigenvalue weighted by atomic mass is 35.5. The van der Waals surface area contributed by atoms with E-state index in [2.05, 4.69) is 10.3 Å². The van der Waals surface area contributed by atoms with E-state index in [0.717, 1.165) is 19.3 Å². The van der Waals surface area contributed by atoms with Crippen molar-refractivity contribution >= 4 is 17.5 Å². The van der Waals surface area contributed by atoms with E-state index in [1.807, 2.05) is 0 Å². The Morgan fingerprint density at radius 1 is 1.35 bits per heavy atom. The first-order valence-corrected chi connectivity index (χ1v) is 7.61. The molecule has 2 aliphatic rings. The maximum atomic E-state index is 12.1. The molecule has 5 heteroatoms. The summed E-state index contributed by atoms with van der Waals surface area (Å²) in [6.45, 7) is 0.610. The van der Waals surface area contributed by atoms with Gasteiger partial charge in [-0.3, -0.25) is 4.79 Å². The van der Waals surface area contributed by atoms with Gasteiger partial charge in [-0.1, -0.05) is 30.9 Å². The van der Waals surface area contributed by atoms with E-state index in [0.29, 0.717) is 17.3 Å². The van der Waals surface area contributed by atoms with Crippen LogP contribution in [0.3, 0.4) is 0 Å². The summed E-state index contributed by atoms with van der Waals surface area (Å²) in [6.07, 6.45) is 8.43. The van der Waals surface area contributed by atoms with E-state index in [9.17, 15) is 4.79 Å². The lowest BCUT2D eigenvalue weighted by Crippen LogP contribution is -2.37. The van der Waals surface area contributed by atoms with Gasteiger partial charge >= 0.3 is 0 Å². The summed E-state index contributed by atoms with van der Waals surface area (Å²) in [5.41, 5.74) is 0.419. The predicted octanol–water partition coefficient (Wildman–Crippen LogP) is 2.96. The Morgan fingerprint density at radius 3 is 2.85 bits per heavy atom. The van der Waals surface area contributed by atoms with Crippen LogP contribution in [0.15, 0.2) is 18.3 Å². The Hall–Kier alpha value is -1.13. The van der Waals surface area contributed by atoms with E-state index < -0.39 is 0 Å². The largest absolute Gasteiger partial charge is 0.373 e. The van der Waals surface area contributed by atoms with Gasteiger partial charge < -0.3 is 10.1 Å². The molecule has 1 saturated carbocycles. The van der Waals surface area contributed by atoms with Crippen LogP contribution in [0.5, 0.6) is 0 Å². The zero-order valence-electron chi connectivity index (χ0n) is 11.4. The molecule has 1 atom stereocenters. The first kappa shape index (κ1) is 13.8. The zero-order valence-corrected chi connectivity index (χ0v) is 12.2. The van der Waals surface area contributed by atoms with Crippen molar-refractivity contribution in [1.82, 2.24) is 10.3 Å². The highest BCUT2D eigenvalue weighted by Crippen LogP contribution is 2.39. The summed E-state index contributed by atoms with van der Waals surface area (Å²) in [5, 5.41) is 3.55. The van der Waals surface area contributed by atoms with Crippen molar-refractivity contribution in [2.45, 2.75) is 50.2 Å². The molecule has 4 nitrogen and oxygen atoms in total. The number of halogens is 1. The molecule has 3 rings (SSSR count). The number of hydrogen-bond donors (Lipinski definition) is 1. The average Bonchev–Trinajstić information content (AvgIpc) is 2.83. The van der Waals surface area contributed by atoms with Crippen LogP contribution in [0, 0.1) is 0 Å². The molecule has 2 fully saturated rings. The zero-order chi connectivity index (χ0) is 14.0. The van der Waals surface area contributed by atoms with Crippen LogP contribution in [-0.4, -0.2) is 29.1 Å². The maximum absolute atomic E-state index is 12.1. The van der Waals surface area contributed by atoms with Crippen molar-refractivity contribution in [2.75, 3.05) is 6.61 Å². The summed E-state index contributed by atoms with van der Waals surface area (Å²) in [7, 11) is 0. The maximum Gasteiger partial charge on any atom is 0.270 e. The predicted molar refractivity (Wildman–Crippen MR) is 76.9 cm³/mol. The van der Waals surface area contributed by atoms with Gasteiger partial charge in [0.25, 0.3) is 5.91 Å². The van der Waals surface area contributed by atoms with Crippen LogP contribution in [0.4, 0.5) is 0 Å². The number of hydrogen-bond acceptors (Lipinski definition) is 3. The molecule has 1 N–H and O–H groups in total. The molecule has 1 unspecified atom stereocenters. The molecule has 1 saturated heterocycles. The first-order chi connectivity index (χ1) is 9.67. The van der Waals surface area contributed by atoms with Gasteiger partial charge in [-0.05, 0) is 31.4 Å². The van der Waals surface area contributed by atoms with E-state index in [4.69, 9.17) is 16.3 Å². The Labute approximate surface area is 123 Å². The fourth-order valence-corrected chi connectivity index (χ4v) is 3.36. The van der Waals surface area contributed by atoms with Gasteiger partial charge in [-0.2, -0.15) is 0 Å². The van der Waals surface area contributed by atoms with Gasteiger partial charge in [-0.25, -0.2) is 4.98 Å². The molecule has 0 radical (unpaired) electrons. The second-order valence-electron chi connectivity index (χ2n) is 5.79. The lowest BCUT2D eigenvalue weighted by molar-refractivity contribution is -0.0246. The fraction of sp³-hybridized carbons (Fsp3) is 0.600. The summed E-state index contributed by atoms with van der Waals surface area (Å²) in [4.78, 5) is 16.2. The second-order valence-corrected chi connectivity index (χ2v) is 6.23. The van der Waals surface area contributed by atoms with Crippen LogP contribution < -0.4 is 5.32 Å². The summed E-state index contributed by atoms with van der Waals surface area (Å²) in [6, 6.07) is 3.42. The third-order valence-electron chi connectivity index (χ3n) is 4.27. The van der Waals surface area contributed by atoms with E-state index >= 15 is 0 Å². The number of nitrogens with one attached hydrogen (secondary N) is 1. The van der Waals surface area contributed by atoms with E-state index in [1.54, 1.807) is 12.1 Å². The van der Waals surface area contributed by atoms with Crippen LogP contribution >= 0.6 is 11.6 Å². The second kappa shape index (κ2) is 5.70. The molecule has 20 heavy (non-hydrogen) atoms.